The third kappa shape index (κ3) is 6.09. The minimum atomic E-state index is -1.11. The predicted octanol–water partition coefficient (Wildman–Crippen LogP) is -0.595. The lowest BCUT2D eigenvalue weighted by Crippen LogP contribution is -2.48. The standard InChI is InChI=1S/C13H19N5O4/c14-9-5-3-8(4-6-9)11(19)18-17-10(12(20)21)2-1-7-16-13(15)22/h3-6,10,17H,1-2,7,14H2,(H,18,19)(H,20,21)(H3,15,16,22)/t10-/m0/s1. The summed E-state index contributed by atoms with van der Waals surface area (Å²) in [5, 5.41) is 11.4. The summed E-state index contributed by atoms with van der Waals surface area (Å²) in [6, 6.07) is 4.54. The fourth-order valence-electron chi connectivity index (χ4n) is 1.63. The van der Waals surface area contributed by atoms with Gasteiger partial charge in [-0.05, 0) is 37.1 Å². The second kappa shape index (κ2) is 8.47. The first-order valence-electron chi connectivity index (χ1n) is 6.57. The fourth-order valence-corrected chi connectivity index (χ4v) is 1.63. The molecule has 0 unspecified atom stereocenters. The minimum Gasteiger partial charge on any atom is -0.480 e. The summed E-state index contributed by atoms with van der Waals surface area (Å²) in [5.74, 6) is -1.59. The molecular formula is C13H19N5O4. The highest BCUT2D eigenvalue weighted by Gasteiger charge is 2.17. The number of hydrazine groups is 1. The molecule has 120 valence electrons. The van der Waals surface area contributed by atoms with Crippen molar-refractivity contribution in [3.8, 4) is 0 Å². The zero-order valence-electron chi connectivity index (χ0n) is 11.8. The Bertz CT molecular complexity index is 532. The molecule has 0 aliphatic rings. The van der Waals surface area contributed by atoms with Crippen LogP contribution in [0.1, 0.15) is 23.2 Å². The van der Waals surface area contributed by atoms with Crippen LogP contribution in [-0.4, -0.2) is 35.6 Å². The molecule has 9 nitrogen and oxygen atoms in total. The normalized spacial score (nSPS) is 11.5. The van der Waals surface area contributed by atoms with E-state index in [4.69, 9.17) is 16.6 Å². The topological polar surface area (TPSA) is 160 Å². The first kappa shape index (κ1) is 17.2. The van der Waals surface area contributed by atoms with E-state index in [0.29, 0.717) is 17.7 Å². The number of urea groups is 1. The van der Waals surface area contributed by atoms with E-state index >= 15 is 0 Å². The van der Waals surface area contributed by atoms with Crippen LogP contribution in [0.25, 0.3) is 0 Å². The lowest BCUT2D eigenvalue weighted by atomic mass is 10.1. The van der Waals surface area contributed by atoms with Crippen LogP contribution in [-0.2, 0) is 4.79 Å². The number of anilines is 1. The van der Waals surface area contributed by atoms with Gasteiger partial charge in [0.05, 0.1) is 0 Å². The molecule has 8 N–H and O–H groups in total. The highest BCUT2D eigenvalue weighted by Crippen LogP contribution is 2.05. The number of carboxylic acids is 1. The average molecular weight is 309 g/mol. The first-order valence-corrected chi connectivity index (χ1v) is 6.57. The molecule has 1 rings (SSSR count). The van der Waals surface area contributed by atoms with Gasteiger partial charge in [-0.1, -0.05) is 0 Å². The molecule has 3 amide bonds. The number of carbonyl (C=O) groups excluding carboxylic acids is 2. The molecule has 0 saturated heterocycles. The number of aliphatic carboxylic acids is 1. The zero-order valence-corrected chi connectivity index (χ0v) is 11.8. The molecule has 0 bridgehead atoms. The average Bonchev–Trinajstić information content (AvgIpc) is 2.46. The van der Waals surface area contributed by atoms with Gasteiger partial charge < -0.3 is 21.9 Å². The summed E-state index contributed by atoms with van der Waals surface area (Å²) >= 11 is 0. The second-order valence-corrected chi connectivity index (χ2v) is 4.54. The molecule has 0 aliphatic carbocycles. The Kier molecular flexibility index (Phi) is 6.64. The summed E-state index contributed by atoms with van der Waals surface area (Å²) in [4.78, 5) is 33.4. The van der Waals surface area contributed by atoms with Crippen LogP contribution in [0.5, 0.6) is 0 Å². The molecule has 0 saturated carbocycles. The quantitative estimate of drug-likeness (QED) is 0.214. The molecule has 0 spiro atoms. The van der Waals surface area contributed by atoms with Crippen molar-refractivity contribution in [3.63, 3.8) is 0 Å². The number of benzene rings is 1. The van der Waals surface area contributed by atoms with E-state index in [1.165, 1.54) is 12.1 Å². The monoisotopic (exact) mass is 309 g/mol. The van der Waals surface area contributed by atoms with Gasteiger partial charge in [0.2, 0.25) is 0 Å². The maximum atomic E-state index is 11.8. The van der Waals surface area contributed by atoms with Crippen molar-refractivity contribution in [2.24, 2.45) is 5.73 Å². The lowest BCUT2D eigenvalue weighted by molar-refractivity contribution is -0.139. The number of nitrogens with one attached hydrogen (secondary N) is 3. The number of amides is 3. The van der Waals surface area contributed by atoms with Crippen LogP contribution >= 0.6 is 0 Å². The number of primary amides is 1. The van der Waals surface area contributed by atoms with Crippen LogP contribution in [0.3, 0.4) is 0 Å². The van der Waals surface area contributed by atoms with Gasteiger partial charge in [-0.2, -0.15) is 0 Å². The van der Waals surface area contributed by atoms with Crippen molar-refractivity contribution in [2.45, 2.75) is 18.9 Å². The van der Waals surface area contributed by atoms with Crippen molar-refractivity contribution in [1.82, 2.24) is 16.2 Å². The number of carboxylic acid groups (broad SMARTS) is 1. The SMILES string of the molecule is NC(=O)NCCC[C@H](NNC(=O)c1ccc(N)cc1)C(=O)O. The van der Waals surface area contributed by atoms with Gasteiger partial charge in [0, 0.05) is 17.8 Å². The number of hydrogen-bond acceptors (Lipinski definition) is 5. The molecule has 0 heterocycles. The number of rotatable bonds is 8. The van der Waals surface area contributed by atoms with E-state index in [1.807, 2.05) is 0 Å². The van der Waals surface area contributed by atoms with E-state index in [1.54, 1.807) is 12.1 Å². The van der Waals surface area contributed by atoms with Crippen LogP contribution < -0.4 is 27.6 Å². The van der Waals surface area contributed by atoms with Gasteiger partial charge in [-0.25, -0.2) is 10.2 Å². The Morgan fingerprint density at radius 1 is 1.18 bits per heavy atom. The summed E-state index contributed by atoms with van der Waals surface area (Å²) in [5.41, 5.74) is 16.1. The third-order valence-corrected chi connectivity index (χ3v) is 2.80. The van der Waals surface area contributed by atoms with Crippen LogP contribution in [0.4, 0.5) is 10.5 Å². The third-order valence-electron chi connectivity index (χ3n) is 2.80. The van der Waals surface area contributed by atoms with Crippen LogP contribution in [0.2, 0.25) is 0 Å². The molecule has 0 aromatic heterocycles. The Labute approximate surface area is 127 Å². The second-order valence-electron chi connectivity index (χ2n) is 4.54. The summed E-state index contributed by atoms with van der Waals surface area (Å²) in [6.45, 7) is 0.257. The smallest absolute Gasteiger partial charge is 0.322 e. The van der Waals surface area contributed by atoms with Crippen molar-refractivity contribution >= 4 is 23.6 Å². The zero-order chi connectivity index (χ0) is 16.5. The molecule has 0 aliphatic heterocycles. The maximum Gasteiger partial charge on any atom is 0.322 e. The van der Waals surface area contributed by atoms with Gasteiger partial charge in [-0.3, -0.25) is 15.0 Å². The Morgan fingerprint density at radius 3 is 2.36 bits per heavy atom. The number of hydrogen-bond donors (Lipinski definition) is 6. The predicted molar refractivity (Wildman–Crippen MR) is 79.7 cm³/mol. The first-order chi connectivity index (χ1) is 10.4. The maximum absolute atomic E-state index is 11.8. The summed E-state index contributed by atoms with van der Waals surface area (Å²) in [6.07, 6.45) is 0.599. The van der Waals surface area contributed by atoms with Gasteiger partial charge in [0.1, 0.15) is 6.04 Å². The highest BCUT2D eigenvalue weighted by atomic mass is 16.4. The van der Waals surface area contributed by atoms with Gasteiger partial charge in [0.15, 0.2) is 0 Å². The van der Waals surface area contributed by atoms with Crippen molar-refractivity contribution < 1.29 is 19.5 Å². The molecule has 1 aromatic rings. The molecule has 1 aromatic carbocycles. The Morgan fingerprint density at radius 2 is 1.82 bits per heavy atom. The highest BCUT2D eigenvalue weighted by molar-refractivity contribution is 5.94. The van der Waals surface area contributed by atoms with E-state index in [0.717, 1.165) is 0 Å². The molecule has 1 atom stereocenters. The van der Waals surface area contributed by atoms with E-state index in [2.05, 4.69) is 16.2 Å². The number of nitrogen functional groups attached to an aromatic ring is 1. The molecule has 0 fully saturated rings. The van der Waals surface area contributed by atoms with Crippen molar-refractivity contribution in [1.29, 1.82) is 0 Å². The number of carbonyl (C=O) groups is 3. The van der Waals surface area contributed by atoms with E-state index in [-0.39, 0.29) is 13.0 Å². The van der Waals surface area contributed by atoms with Crippen LogP contribution in [0, 0.1) is 0 Å². The minimum absolute atomic E-state index is 0.206. The largest absolute Gasteiger partial charge is 0.480 e. The van der Waals surface area contributed by atoms with E-state index < -0.39 is 23.9 Å². The number of nitrogens with two attached hydrogens (primary N) is 2. The van der Waals surface area contributed by atoms with Crippen molar-refractivity contribution in [2.75, 3.05) is 12.3 Å². The summed E-state index contributed by atoms with van der Waals surface area (Å²) < 4.78 is 0. The lowest BCUT2D eigenvalue weighted by Gasteiger charge is -2.15. The van der Waals surface area contributed by atoms with Crippen molar-refractivity contribution in [3.05, 3.63) is 29.8 Å². The van der Waals surface area contributed by atoms with Gasteiger partial charge in [-0.15, -0.1) is 0 Å². The van der Waals surface area contributed by atoms with Gasteiger partial charge in [0.25, 0.3) is 5.91 Å². The fraction of sp³-hybridized carbons (Fsp3) is 0.308. The Balaban J connectivity index is 2.43. The Hall–Kier alpha value is -2.81. The van der Waals surface area contributed by atoms with E-state index in [9.17, 15) is 14.4 Å². The molecular weight excluding hydrogens is 290 g/mol. The molecule has 22 heavy (non-hydrogen) atoms. The molecule has 9 heteroatoms. The summed E-state index contributed by atoms with van der Waals surface area (Å²) in [7, 11) is 0. The van der Waals surface area contributed by atoms with Gasteiger partial charge >= 0.3 is 12.0 Å². The molecule has 0 radical (unpaired) electrons. The van der Waals surface area contributed by atoms with Crippen LogP contribution in [0.15, 0.2) is 24.3 Å².